The summed E-state index contributed by atoms with van der Waals surface area (Å²) in [6, 6.07) is 0. The van der Waals surface area contributed by atoms with E-state index in [1.54, 1.807) is 0 Å². The highest BCUT2D eigenvalue weighted by molar-refractivity contribution is 5.75. The average Bonchev–Trinajstić information content (AvgIpc) is 2.63. The highest BCUT2D eigenvalue weighted by atomic mass is 16.4. The number of aliphatic carboxylic acids is 1. The third-order valence-electron chi connectivity index (χ3n) is 8.65. The van der Waals surface area contributed by atoms with Crippen molar-refractivity contribution in [2.75, 3.05) is 0 Å². The summed E-state index contributed by atoms with van der Waals surface area (Å²) in [6.45, 7) is 8.55. The lowest BCUT2D eigenvalue weighted by molar-refractivity contribution is -0.186. The summed E-state index contributed by atoms with van der Waals surface area (Å²) in [5.74, 6) is 0.219. The standard InChI is InChI=1S/C20H30O3/c1-13-11-19-9-5-14-17(2,7-4-8-18(14,3)16(21)22)15(19)6-10-20(13,23)12-19/h14-15,23H,1,4-12H2,2-3H3,(H,21,22)/t14-,15-,17?,18?,19?,20?/m0/s1. The number of carbonyl (C=O) groups is 1. The summed E-state index contributed by atoms with van der Waals surface area (Å²) in [4.78, 5) is 12.0. The van der Waals surface area contributed by atoms with Gasteiger partial charge >= 0.3 is 5.97 Å². The minimum atomic E-state index is -0.634. The molecule has 3 heteroatoms. The van der Waals surface area contributed by atoms with Crippen LogP contribution in [0.25, 0.3) is 0 Å². The zero-order valence-electron chi connectivity index (χ0n) is 14.5. The molecule has 4 aliphatic rings. The van der Waals surface area contributed by atoms with Crippen LogP contribution in [0.4, 0.5) is 0 Å². The van der Waals surface area contributed by atoms with Crippen LogP contribution in [0.3, 0.4) is 0 Å². The summed E-state index contributed by atoms with van der Waals surface area (Å²) in [6.07, 6.45) is 8.75. The highest BCUT2D eigenvalue weighted by Gasteiger charge is 2.67. The van der Waals surface area contributed by atoms with Gasteiger partial charge in [0.05, 0.1) is 11.0 Å². The first-order valence-electron chi connectivity index (χ1n) is 9.30. The number of hydrogen-bond acceptors (Lipinski definition) is 2. The summed E-state index contributed by atoms with van der Waals surface area (Å²) in [5, 5.41) is 20.8. The molecule has 4 aliphatic carbocycles. The van der Waals surface area contributed by atoms with Crippen molar-refractivity contribution in [1.82, 2.24) is 0 Å². The molecule has 0 aromatic rings. The van der Waals surface area contributed by atoms with Gasteiger partial charge in [-0.05, 0) is 86.5 Å². The number of carboxylic acids is 1. The molecule has 4 unspecified atom stereocenters. The smallest absolute Gasteiger partial charge is 0.309 e. The summed E-state index contributed by atoms with van der Waals surface area (Å²) in [5.41, 5.74) is 0.128. The Morgan fingerprint density at radius 2 is 1.83 bits per heavy atom. The summed E-state index contributed by atoms with van der Waals surface area (Å²) < 4.78 is 0. The molecule has 6 atom stereocenters. The molecule has 0 aromatic carbocycles. The predicted molar refractivity (Wildman–Crippen MR) is 88.9 cm³/mol. The van der Waals surface area contributed by atoms with E-state index in [1.807, 2.05) is 6.92 Å². The summed E-state index contributed by atoms with van der Waals surface area (Å²) >= 11 is 0. The number of carboxylic acid groups (broad SMARTS) is 1. The van der Waals surface area contributed by atoms with Crippen LogP contribution in [-0.2, 0) is 4.79 Å². The Balaban J connectivity index is 1.76. The van der Waals surface area contributed by atoms with Gasteiger partial charge in [-0.3, -0.25) is 4.79 Å². The molecule has 4 saturated carbocycles. The van der Waals surface area contributed by atoms with Crippen molar-refractivity contribution in [3.05, 3.63) is 12.2 Å². The molecule has 2 N–H and O–H groups in total. The van der Waals surface area contributed by atoms with Gasteiger partial charge in [0, 0.05) is 0 Å². The van der Waals surface area contributed by atoms with Gasteiger partial charge in [-0.2, -0.15) is 0 Å². The van der Waals surface area contributed by atoms with E-state index < -0.39 is 17.0 Å². The van der Waals surface area contributed by atoms with Gasteiger partial charge in [-0.15, -0.1) is 0 Å². The van der Waals surface area contributed by atoms with E-state index in [1.165, 1.54) is 0 Å². The Bertz CT molecular complexity index is 583. The second-order valence-corrected chi connectivity index (χ2v) is 9.62. The predicted octanol–water partition coefficient (Wildman–Crippen LogP) is 4.16. The van der Waals surface area contributed by atoms with Crippen LogP contribution in [0.15, 0.2) is 12.2 Å². The number of hydrogen-bond donors (Lipinski definition) is 2. The molecular formula is C20H30O3. The molecule has 2 bridgehead atoms. The third-order valence-corrected chi connectivity index (χ3v) is 8.65. The maximum atomic E-state index is 12.0. The molecule has 0 saturated heterocycles. The maximum absolute atomic E-state index is 12.0. The van der Waals surface area contributed by atoms with Crippen molar-refractivity contribution in [2.45, 2.75) is 77.2 Å². The fourth-order valence-corrected chi connectivity index (χ4v) is 7.61. The molecule has 1 spiro atoms. The lowest BCUT2D eigenvalue weighted by atomic mass is 9.41. The Morgan fingerprint density at radius 3 is 2.52 bits per heavy atom. The lowest BCUT2D eigenvalue weighted by Gasteiger charge is -2.63. The van der Waals surface area contributed by atoms with Gasteiger partial charge in [0.1, 0.15) is 0 Å². The van der Waals surface area contributed by atoms with Crippen molar-refractivity contribution < 1.29 is 15.0 Å². The molecule has 4 fully saturated rings. The van der Waals surface area contributed by atoms with Gasteiger partial charge in [-0.25, -0.2) is 0 Å². The van der Waals surface area contributed by atoms with Crippen LogP contribution in [-0.4, -0.2) is 21.8 Å². The molecule has 0 aliphatic heterocycles. The first-order valence-corrected chi connectivity index (χ1v) is 9.30. The average molecular weight is 318 g/mol. The van der Waals surface area contributed by atoms with Crippen molar-refractivity contribution in [3.63, 3.8) is 0 Å². The Labute approximate surface area is 139 Å². The SMILES string of the molecule is C=C1CC23CC[C@@H]4C(C)(C(=O)O)CCCC4(C)[C@@H]2CCC1(O)C3. The van der Waals surface area contributed by atoms with Gasteiger partial charge in [-0.1, -0.05) is 19.9 Å². The fraction of sp³-hybridized carbons (Fsp3) is 0.850. The molecular weight excluding hydrogens is 288 g/mol. The van der Waals surface area contributed by atoms with E-state index in [-0.39, 0.29) is 16.7 Å². The maximum Gasteiger partial charge on any atom is 0.309 e. The highest BCUT2D eigenvalue weighted by Crippen LogP contribution is 2.72. The molecule has 128 valence electrons. The van der Waals surface area contributed by atoms with Crippen LogP contribution in [0.5, 0.6) is 0 Å². The molecule has 4 rings (SSSR count). The Morgan fingerprint density at radius 1 is 1.13 bits per heavy atom. The topological polar surface area (TPSA) is 57.5 Å². The second kappa shape index (κ2) is 4.41. The summed E-state index contributed by atoms with van der Waals surface area (Å²) in [7, 11) is 0. The van der Waals surface area contributed by atoms with E-state index in [2.05, 4.69) is 13.5 Å². The van der Waals surface area contributed by atoms with Crippen LogP contribution < -0.4 is 0 Å². The van der Waals surface area contributed by atoms with E-state index in [0.29, 0.717) is 5.92 Å². The molecule has 0 radical (unpaired) electrons. The van der Waals surface area contributed by atoms with Gasteiger partial charge in [0.25, 0.3) is 0 Å². The van der Waals surface area contributed by atoms with Gasteiger partial charge < -0.3 is 10.2 Å². The van der Waals surface area contributed by atoms with Crippen LogP contribution in [0.1, 0.15) is 71.6 Å². The zero-order valence-corrected chi connectivity index (χ0v) is 14.5. The van der Waals surface area contributed by atoms with Crippen molar-refractivity contribution in [1.29, 1.82) is 0 Å². The van der Waals surface area contributed by atoms with E-state index in [9.17, 15) is 15.0 Å². The third kappa shape index (κ3) is 1.78. The van der Waals surface area contributed by atoms with Crippen molar-refractivity contribution in [2.24, 2.45) is 28.1 Å². The van der Waals surface area contributed by atoms with Gasteiger partial charge in [0.15, 0.2) is 0 Å². The molecule has 0 amide bonds. The van der Waals surface area contributed by atoms with Crippen molar-refractivity contribution in [3.8, 4) is 0 Å². The quantitative estimate of drug-likeness (QED) is 0.714. The monoisotopic (exact) mass is 318 g/mol. The van der Waals surface area contributed by atoms with Crippen molar-refractivity contribution >= 4 is 5.97 Å². The number of fused-ring (bicyclic) bond motifs is 3. The first-order chi connectivity index (χ1) is 10.7. The van der Waals surface area contributed by atoms with E-state index in [0.717, 1.165) is 63.4 Å². The fourth-order valence-electron chi connectivity index (χ4n) is 7.61. The molecule has 0 aromatic heterocycles. The Kier molecular flexibility index (Phi) is 3.01. The molecule has 23 heavy (non-hydrogen) atoms. The minimum Gasteiger partial charge on any atom is -0.481 e. The van der Waals surface area contributed by atoms with Gasteiger partial charge in [0.2, 0.25) is 0 Å². The Hall–Kier alpha value is -0.830. The van der Waals surface area contributed by atoms with Crippen LogP contribution in [0, 0.1) is 28.1 Å². The number of rotatable bonds is 1. The van der Waals surface area contributed by atoms with E-state index >= 15 is 0 Å². The lowest BCUT2D eigenvalue weighted by Crippen LogP contribution is -2.59. The second-order valence-electron chi connectivity index (χ2n) is 9.62. The minimum absolute atomic E-state index is 0.107. The van der Waals surface area contributed by atoms with E-state index in [4.69, 9.17) is 0 Å². The first kappa shape index (κ1) is 15.7. The normalized spacial score (nSPS) is 55.2. The molecule has 3 nitrogen and oxygen atoms in total. The zero-order chi connectivity index (χ0) is 16.7. The van der Waals surface area contributed by atoms with Crippen LogP contribution >= 0.6 is 0 Å². The molecule has 0 heterocycles. The largest absolute Gasteiger partial charge is 0.481 e. The van der Waals surface area contributed by atoms with Crippen LogP contribution in [0.2, 0.25) is 0 Å². The number of aliphatic hydroxyl groups is 1.